The van der Waals surface area contributed by atoms with Crippen molar-refractivity contribution in [1.29, 1.82) is 0 Å². The highest BCUT2D eigenvalue weighted by Crippen LogP contribution is 2.26. The van der Waals surface area contributed by atoms with Crippen LogP contribution in [-0.4, -0.2) is 28.0 Å². The number of carbonyl (C=O) groups is 1. The van der Waals surface area contributed by atoms with Crippen molar-refractivity contribution in [3.8, 4) is 5.75 Å². The summed E-state index contributed by atoms with van der Waals surface area (Å²) in [5, 5.41) is 2.94. The summed E-state index contributed by atoms with van der Waals surface area (Å²) in [5.74, 6) is 0.684. The van der Waals surface area contributed by atoms with Crippen molar-refractivity contribution in [2.45, 2.75) is 37.0 Å². The third-order valence-corrected chi connectivity index (χ3v) is 6.40. The van der Waals surface area contributed by atoms with Gasteiger partial charge in [-0.15, -0.1) is 0 Å². The van der Waals surface area contributed by atoms with Gasteiger partial charge >= 0.3 is 0 Å². The number of hydrogen-bond acceptors (Lipinski definition) is 4. The van der Waals surface area contributed by atoms with E-state index in [2.05, 4.69) is 10.0 Å². The van der Waals surface area contributed by atoms with Gasteiger partial charge in [0.25, 0.3) is 15.9 Å². The maximum atomic E-state index is 12.8. The predicted molar refractivity (Wildman–Crippen MR) is 109 cm³/mol. The molecule has 1 saturated carbocycles. The number of ether oxygens (including phenoxy) is 1. The molecule has 6 nitrogen and oxygen atoms in total. The van der Waals surface area contributed by atoms with E-state index in [9.17, 15) is 13.2 Å². The first-order valence-corrected chi connectivity index (χ1v) is 11.0. The fraction of sp³-hybridized carbons (Fsp3) is 0.381. The third-order valence-electron chi connectivity index (χ3n) is 5.03. The van der Waals surface area contributed by atoms with Crippen molar-refractivity contribution < 1.29 is 17.9 Å². The van der Waals surface area contributed by atoms with Crippen LogP contribution < -0.4 is 14.8 Å². The van der Waals surface area contributed by atoms with E-state index in [1.807, 2.05) is 0 Å². The van der Waals surface area contributed by atoms with E-state index in [1.165, 1.54) is 38.5 Å². The lowest BCUT2D eigenvalue weighted by molar-refractivity contribution is 0.0943. The summed E-state index contributed by atoms with van der Waals surface area (Å²) in [6.07, 6.45) is 5.96. The summed E-state index contributed by atoms with van der Waals surface area (Å²) < 4.78 is 33.2. The molecule has 28 heavy (non-hydrogen) atoms. The molecule has 1 aliphatic carbocycles. The van der Waals surface area contributed by atoms with Gasteiger partial charge in [-0.05, 0) is 49.1 Å². The normalized spacial score (nSPS) is 15.0. The Bertz CT molecular complexity index is 922. The Kier molecular flexibility index (Phi) is 6.57. The molecule has 1 fully saturated rings. The second-order valence-corrected chi connectivity index (χ2v) is 8.73. The smallest absolute Gasteiger partial charge is 0.262 e. The SMILES string of the molecule is COc1ccccc1NS(=O)(=O)c1cccc(C(=O)NCC2CCCCC2)c1. The summed E-state index contributed by atoms with van der Waals surface area (Å²) in [4.78, 5) is 12.5. The molecule has 150 valence electrons. The Morgan fingerprint density at radius 3 is 2.57 bits per heavy atom. The summed E-state index contributed by atoms with van der Waals surface area (Å²) in [7, 11) is -2.37. The Labute approximate surface area is 166 Å². The summed E-state index contributed by atoms with van der Waals surface area (Å²) in [6, 6.07) is 12.8. The number of benzene rings is 2. The highest BCUT2D eigenvalue weighted by atomic mass is 32.2. The molecule has 0 aliphatic heterocycles. The molecule has 0 unspecified atom stereocenters. The van der Waals surface area contributed by atoms with Gasteiger partial charge in [0.05, 0.1) is 17.7 Å². The molecule has 7 heteroatoms. The first-order chi connectivity index (χ1) is 13.5. The van der Waals surface area contributed by atoms with E-state index in [0.717, 1.165) is 12.8 Å². The van der Waals surface area contributed by atoms with Crippen LogP contribution in [0.4, 0.5) is 5.69 Å². The minimum Gasteiger partial charge on any atom is -0.495 e. The van der Waals surface area contributed by atoms with Crippen LogP contribution in [0, 0.1) is 5.92 Å². The molecule has 2 N–H and O–H groups in total. The van der Waals surface area contributed by atoms with Crippen LogP contribution >= 0.6 is 0 Å². The van der Waals surface area contributed by atoms with Crippen LogP contribution in [0.1, 0.15) is 42.5 Å². The Morgan fingerprint density at radius 2 is 1.82 bits per heavy atom. The molecular formula is C21H26N2O4S. The molecule has 2 aromatic carbocycles. The van der Waals surface area contributed by atoms with Crippen LogP contribution in [0.3, 0.4) is 0 Å². The molecule has 0 bridgehead atoms. The van der Waals surface area contributed by atoms with Gasteiger partial charge in [-0.2, -0.15) is 0 Å². The number of sulfonamides is 1. The molecule has 1 amide bonds. The maximum absolute atomic E-state index is 12.8. The van der Waals surface area contributed by atoms with Crippen LogP contribution in [0.5, 0.6) is 5.75 Å². The van der Waals surface area contributed by atoms with Crippen molar-refractivity contribution in [2.75, 3.05) is 18.4 Å². The van der Waals surface area contributed by atoms with Crippen LogP contribution in [0.2, 0.25) is 0 Å². The molecule has 0 spiro atoms. The molecule has 0 radical (unpaired) electrons. The summed E-state index contributed by atoms with van der Waals surface area (Å²) in [5.41, 5.74) is 0.677. The lowest BCUT2D eigenvalue weighted by atomic mass is 9.89. The monoisotopic (exact) mass is 402 g/mol. The van der Waals surface area contributed by atoms with E-state index < -0.39 is 10.0 Å². The van der Waals surface area contributed by atoms with Crippen molar-refractivity contribution in [1.82, 2.24) is 5.32 Å². The van der Waals surface area contributed by atoms with E-state index in [1.54, 1.807) is 36.4 Å². The van der Waals surface area contributed by atoms with Crippen LogP contribution in [0.15, 0.2) is 53.4 Å². The Morgan fingerprint density at radius 1 is 1.07 bits per heavy atom. The van der Waals surface area contributed by atoms with Crippen molar-refractivity contribution in [3.05, 3.63) is 54.1 Å². The van der Waals surface area contributed by atoms with E-state index in [-0.39, 0.29) is 10.8 Å². The fourth-order valence-corrected chi connectivity index (χ4v) is 4.58. The number of nitrogens with one attached hydrogen (secondary N) is 2. The minimum absolute atomic E-state index is 0.0312. The first kappa shape index (κ1) is 20.2. The quantitative estimate of drug-likeness (QED) is 0.738. The van der Waals surface area contributed by atoms with Gasteiger partial charge in [0.15, 0.2) is 0 Å². The maximum Gasteiger partial charge on any atom is 0.262 e. The van der Waals surface area contributed by atoms with Crippen molar-refractivity contribution >= 4 is 21.6 Å². The molecule has 0 atom stereocenters. The second-order valence-electron chi connectivity index (χ2n) is 7.05. The third kappa shape index (κ3) is 5.04. The van der Waals surface area contributed by atoms with Gasteiger partial charge in [0.1, 0.15) is 5.75 Å². The molecule has 0 aromatic heterocycles. The first-order valence-electron chi connectivity index (χ1n) is 9.54. The molecule has 2 aromatic rings. The van der Waals surface area contributed by atoms with Crippen LogP contribution in [0.25, 0.3) is 0 Å². The van der Waals surface area contributed by atoms with Gasteiger partial charge in [-0.25, -0.2) is 8.42 Å². The van der Waals surface area contributed by atoms with Crippen molar-refractivity contribution in [2.24, 2.45) is 5.92 Å². The average Bonchev–Trinajstić information content (AvgIpc) is 2.73. The van der Waals surface area contributed by atoms with Gasteiger partial charge in [0, 0.05) is 12.1 Å². The second kappa shape index (κ2) is 9.10. The standard InChI is InChI=1S/C21H26N2O4S/c1-27-20-13-6-5-12-19(20)23-28(25,26)18-11-7-10-17(14-18)21(24)22-15-16-8-3-2-4-9-16/h5-7,10-14,16,23H,2-4,8-9,15H2,1H3,(H,22,24). The van der Waals surface area contributed by atoms with E-state index >= 15 is 0 Å². The van der Waals surface area contributed by atoms with Gasteiger partial charge in [-0.1, -0.05) is 37.5 Å². The number of methoxy groups -OCH3 is 1. The number of rotatable bonds is 7. The molecule has 0 heterocycles. The molecule has 1 aliphatic rings. The van der Waals surface area contributed by atoms with Gasteiger partial charge < -0.3 is 10.1 Å². The summed E-state index contributed by atoms with van der Waals surface area (Å²) in [6.45, 7) is 0.634. The summed E-state index contributed by atoms with van der Waals surface area (Å²) >= 11 is 0. The highest BCUT2D eigenvalue weighted by Gasteiger charge is 2.19. The van der Waals surface area contributed by atoms with E-state index in [0.29, 0.717) is 29.5 Å². The Hall–Kier alpha value is -2.54. The largest absolute Gasteiger partial charge is 0.495 e. The number of hydrogen-bond donors (Lipinski definition) is 2. The van der Waals surface area contributed by atoms with Gasteiger partial charge in [0.2, 0.25) is 0 Å². The highest BCUT2D eigenvalue weighted by molar-refractivity contribution is 7.92. The predicted octanol–water partition coefficient (Wildman–Crippen LogP) is 3.81. The Balaban J connectivity index is 1.71. The number of anilines is 1. The molecular weight excluding hydrogens is 376 g/mol. The topological polar surface area (TPSA) is 84.5 Å². The minimum atomic E-state index is -3.85. The zero-order chi connectivity index (χ0) is 20.0. The molecule has 3 rings (SSSR count). The number of carbonyl (C=O) groups excluding carboxylic acids is 1. The zero-order valence-electron chi connectivity index (χ0n) is 16.0. The lowest BCUT2D eigenvalue weighted by Crippen LogP contribution is -2.30. The van der Waals surface area contributed by atoms with Crippen LogP contribution in [-0.2, 0) is 10.0 Å². The molecule has 0 saturated heterocycles. The fourth-order valence-electron chi connectivity index (χ4n) is 3.47. The van der Waals surface area contributed by atoms with E-state index in [4.69, 9.17) is 4.74 Å². The average molecular weight is 403 g/mol. The number of amides is 1. The zero-order valence-corrected chi connectivity index (χ0v) is 16.8. The number of para-hydroxylation sites is 2. The van der Waals surface area contributed by atoms with Gasteiger partial charge in [-0.3, -0.25) is 9.52 Å². The lowest BCUT2D eigenvalue weighted by Gasteiger charge is -2.21. The van der Waals surface area contributed by atoms with Crippen molar-refractivity contribution in [3.63, 3.8) is 0 Å².